The first-order valence-electron chi connectivity index (χ1n) is 3.46. The lowest BCUT2D eigenvalue weighted by Gasteiger charge is -1.98. The standard InChI is InChI=1S/C8H12N2/c1-8-9-6-4-2-3-5-7-10-8/h2-5H,6-7H2,1H3,(H,9,10). The van der Waals surface area contributed by atoms with Crippen LogP contribution in [0.1, 0.15) is 6.92 Å². The van der Waals surface area contributed by atoms with Crippen molar-refractivity contribution in [1.82, 2.24) is 5.32 Å². The number of rotatable bonds is 0. The first-order valence-corrected chi connectivity index (χ1v) is 3.46. The second-order valence-electron chi connectivity index (χ2n) is 2.16. The van der Waals surface area contributed by atoms with Crippen LogP contribution in [0.4, 0.5) is 0 Å². The van der Waals surface area contributed by atoms with Crippen LogP contribution in [0.5, 0.6) is 0 Å². The molecule has 2 nitrogen and oxygen atoms in total. The zero-order chi connectivity index (χ0) is 7.23. The summed E-state index contributed by atoms with van der Waals surface area (Å²) < 4.78 is 0. The van der Waals surface area contributed by atoms with Gasteiger partial charge >= 0.3 is 0 Å². The van der Waals surface area contributed by atoms with Gasteiger partial charge in [-0.1, -0.05) is 24.3 Å². The summed E-state index contributed by atoms with van der Waals surface area (Å²) in [6.07, 6.45) is 8.15. The van der Waals surface area contributed by atoms with Crippen LogP contribution >= 0.6 is 0 Å². The third-order valence-electron chi connectivity index (χ3n) is 1.29. The Balaban J connectivity index is 2.54. The van der Waals surface area contributed by atoms with E-state index in [2.05, 4.69) is 16.4 Å². The highest BCUT2D eigenvalue weighted by Crippen LogP contribution is 1.83. The average molecular weight is 136 g/mol. The van der Waals surface area contributed by atoms with Gasteiger partial charge in [0.25, 0.3) is 0 Å². The molecule has 0 saturated carbocycles. The van der Waals surface area contributed by atoms with Crippen molar-refractivity contribution in [1.29, 1.82) is 0 Å². The molecule has 0 bridgehead atoms. The predicted molar refractivity (Wildman–Crippen MR) is 44.3 cm³/mol. The van der Waals surface area contributed by atoms with E-state index in [4.69, 9.17) is 0 Å². The van der Waals surface area contributed by atoms with Crippen LogP contribution < -0.4 is 5.32 Å². The van der Waals surface area contributed by atoms with Crippen LogP contribution in [0, 0.1) is 0 Å². The minimum Gasteiger partial charge on any atom is -0.371 e. The summed E-state index contributed by atoms with van der Waals surface area (Å²) in [4.78, 5) is 4.22. The minimum atomic E-state index is 0.781. The van der Waals surface area contributed by atoms with Gasteiger partial charge in [0, 0.05) is 6.54 Å². The molecule has 0 aromatic carbocycles. The molecular weight excluding hydrogens is 124 g/mol. The fourth-order valence-electron chi connectivity index (χ4n) is 0.738. The number of aliphatic imine (C=N–C) groups is 1. The average Bonchev–Trinajstić information content (AvgIpc) is 2.02. The third kappa shape index (κ3) is 2.49. The summed E-state index contributed by atoms with van der Waals surface area (Å²) in [5, 5.41) is 3.15. The first-order chi connectivity index (χ1) is 4.89. The predicted octanol–water partition coefficient (Wildman–Crippen LogP) is 1.12. The van der Waals surface area contributed by atoms with Crippen molar-refractivity contribution >= 4 is 5.84 Å². The van der Waals surface area contributed by atoms with Gasteiger partial charge < -0.3 is 5.32 Å². The summed E-state index contributed by atoms with van der Waals surface area (Å²) in [5.41, 5.74) is 0. The van der Waals surface area contributed by atoms with Gasteiger partial charge in [-0.3, -0.25) is 4.99 Å². The Labute approximate surface area is 61.4 Å². The van der Waals surface area contributed by atoms with E-state index in [1.54, 1.807) is 0 Å². The van der Waals surface area contributed by atoms with Gasteiger partial charge in [0.2, 0.25) is 0 Å². The van der Waals surface area contributed by atoms with E-state index >= 15 is 0 Å². The highest BCUT2D eigenvalue weighted by molar-refractivity contribution is 5.79. The topological polar surface area (TPSA) is 24.4 Å². The normalized spacial score (nSPS) is 18.3. The van der Waals surface area contributed by atoms with Crippen molar-refractivity contribution in [3.05, 3.63) is 24.3 Å². The van der Waals surface area contributed by atoms with E-state index in [1.807, 2.05) is 25.2 Å². The summed E-state index contributed by atoms with van der Waals surface area (Å²) in [6, 6.07) is 0. The Hall–Kier alpha value is -1.05. The molecule has 0 spiro atoms. The SMILES string of the molecule is CC1=NCC=CC=CCN1. The molecule has 0 fully saturated rings. The van der Waals surface area contributed by atoms with E-state index in [-0.39, 0.29) is 0 Å². The molecule has 54 valence electrons. The summed E-state index contributed by atoms with van der Waals surface area (Å²) in [6.45, 7) is 3.63. The van der Waals surface area contributed by atoms with Crippen LogP contribution in [-0.4, -0.2) is 18.9 Å². The van der Waals surface area contributed by atoms with Gasteiger partial charge in [-0.05, 0) is 6.92 Å². The molecule has 0 aliphatic carbocycles. The van der Waals surface area contributed by atoms with Crippen LogP contribution in [-0.2, 0) is 0 Å². The summed E-state index contributed by atoms with van der Waals surface area (Å²) >= 11 is 0. The van der Waals surface area contributed by atoms with Crippen molar-refractivity contribution in [2.24, 2.45) is 4.99 Å². The van der Waals surface area contributed by atoms with Gasteiger partial charge in [0.05, 0.1) is 12.4 Å². The van der Waals surface area contributed by atoms with Crippen molar-refractivity contribution in [2.45, 2.75) is 6.92 Å². The zero-order valence-corrected chi connectivity index (χ0v) is 6.17. The highest BCUT2D eigenvalue weighted by Gasteiger charge is 1.85. The van der Waals surface area contributed by atoms with E-state index in [1.165, 1.54) is 0 Å². The lowest BCUT2D eigenvalue weighted by Crippen LogP contribution is -2.20. The second-order valence-corrected chi connectivity index (χ2v) is 2.16. The van der Waals surface area contributed by atoms with Crippen LogP contribution in [0.3, 0.4) is 0 Å². The maximum atomic E-state index is 4.22. The molecule has 0 aromatic rings. The maximum Gasteiger partial charge on any atom is 0.0937 e. The molecule has 0 aromatic heterocycles. The molecule has 0 saturated heterocycles. The van der Waals surface area contributed by atoms with Crippen LogP contribution in [0.15, 0.2) is 29.3 Å². The Morgan fingerprint density at radius 2 is 2.20 bits per heavy atom. The van der Waals surface area contributed by atoms with Crippen molar-refractivity contribution < 1.29 is 0 Å². The summed E-state index contributed by atoms with van der Waals surface area (Å²) in [5.74, 6) is 1.01. The molecule has 1 aliphatic rings. The molecule has 0 atom stereocenters. The second kappa shape index (κ2) is 3.88. The highest BCUT2D eigenvalue weighted by atomic mass is 15.0. The van der Waals surface area contributed by atoms with Crippen molar-refractivity contribution in [3.63, 3.8) is 0 Å². The number of allylic oxidation sites excluding steroid dienone is 2. The third-order valence-corrected chi connectivity index (χ3v) is 1.29. The van der Waals surface area contributed by atoms with Crippen molar-refractivity contribution in [3.8, 4) is 0 Å². The lowest BCUT2D eigenvalue weighted by molar-refractivity contribution is 1.02. The number of nitrogens with one attached hydrogen (secondary N) is 1. The molecular formula is C8H12N2. The van der Waals surface area contributed by atoms with Crippen LogP contribution in [0.25, 0.3) is 0 Å². The molecule has 2 heteroatoms. The zero-order valence-electron chi connectivity index (χ0n) is 6.17. The maximum absolute atomic E-state index is 4.22. The first kappa shape index (κ1) is 7.06. The molecule has 1 heterocycles. The van der Waals surface area contributed by atoms with Gasteiger partial charge in [-0.25, -0.2) is 0 Å². The lowest BCUT2D eigenvalue weighted by atomic mass is 10.4. The number of amidine groups is 1. The van der Waals surface area contributed by atoms with E-state index in [0.29, 0.717) is 0 Å². The molecule has 0 unspecified atom stereocenters. The number of hydrogen-bond acceptors (Lipinski definition) is 2. The molecule has 0 radical (unpaired) electrons. The Morgan fingerprint density at radius 1 is 1.40 bits per heavy atom. The van der Waals surface area contributed by atoms with E-state index in [0.717, 1.165) is 18.9 Å². The Kier molecular flexibility index (Phi) is 2.74. The van der Waals surface area contributed by atoms with E-state index < -0.39 is 0 Å². The molecule has 10 heavy (non-hydrogen) atoms. The molecule has 0 amide bonds. The molecule has 1 aliphatic heterocycles. The Bertz CT molecular complexity index is 178. The molecule has 1 rings (SSSR count). The fourth-order valence-corrected chi connectivity index (χ4v) is 0.738. The monoisotopic (exact) mass is 136 g/mol. The summed E-state index contributed by atoms with van der Waals surface area (Å²) in [7, 11) is 0. The number of hydrogen-bond donors (Lipinski definition) is 1. The van der Waals surface area contributed by atoms with Gasteiger partial charge in [0.15, 0.2) is 0 Å². The fraction of sp³-hybridized carbons (Fsp3) is 0.375. The van der Waals surface area contributed by atoms with E-state index in [9.17, 15) is 0 Å². The van der Waals surface area contributed by atoms with Crippen molar-refractivity contribution in [2.75, 3.05) is 13.1 Å². The smallest absolute Gasteiger partial charge is 0.0937 e. The van der Waals surface area contributed by atoms with Gasteiger partial charge in [-0.15, -0.1) is 0 Å². The largest absolute Gasteiger partial charge is 0.371 e. The molecule has 1 N–H and O–H groups in total. The number of nitrogens with zero attached hydrogens (tertiary/aromatic N) is 1. The minimum absolute atomic E-state index is 0.781. The van der Waals surface area contributed by atoms with Crippen LogP contribution in [0.2, 0.25) is 0 Å². The quantitative estimate of drug-likeness (QED) is 0.530. The van der Waals surface area contributed by atoms with Gasteiger partial charge in [-0.2, -0.15) is 0 Å². The Morgan fingerprint density at radius 3 is 3.10 bits per heavy atom. The van der Waals surface area contributed by atoms with Gasteiger partial charge in [0.1, 0.15) is 0 Å².